The zero-order chi connectivity index (χ0) is 21.0. The van der Waals surface area contributed by atoms with E-state index in [1.54, 1.807) is 0 Å². The lowest BCUT2D eigenvalue weighted by Crippen LogP contribution is -2.48. The smallest absolute Gasteiger partial charge is 0.241 e. The molecule has 29 heavy (non-hydrogen) atoms. The van der Waals surface area contributed by atoms with Gasteiger partial charge in [-0.25, -0.2) is 0 Å². The zero-order valence-corrected chi connectivity index (χ0v) is 18.3. The molecule has 6 nitrogen and oxygen atoms in total. The van der Waals surface area contributed by atoms with Crippen molar-refractivity contribution in [1.82, 2.24) is 20.4 Å². The minimum absolute atomic E-state index is 0.0169. The lowest BCUT2D eigenvalue weighted by atomic mass is 9.91. The largest absolute Gasteiger partial charge is 0.353 e. The molecule has 1 saturated heterocycles. The van der Waals surface area contributed by atoms with Crippen LogP contribution in [0, 0.1) is 24.7 Å². The second-order valence-corrected chi connectivity index (χ2v) is 8.97. The van der Waals surface area contributed by atoms with E-state index in [0.29, 0.717) is 30.1 Å². The third kappa shape index (κ3) is 5.66. The summed E-state index contributed by atoms with van der Waals surface area (Å²) >= 11 is 0. The monoisotopic (exact) mass is 398 g/mol. The van der Waals surface area contributed by atoms with Crippen LogP contribution < -0.4 is 5.32 Å². The van der Waals surface area contributed by atoms with Gasteiger partial charge in [-0.2, -0.15) is 4.98 Å². The molecule has 0 saturated carbocycles. The van der Waals surface area contributed by atoms with Gasteiger partial charge in [0.2, 0.25) is 17.6 Å². The fraction of sp³-hybridized carbons (Fsp3) is 0.609. The molecule has 1 aromatic heterocycles. The number of nitrogens with zero attached hydrogens (tertiary/aromatic N) is 3. The maximum Gasteiger partial charge on any atom is 0.241 e. The molecule has 0 bridgehead atoms. The quantitative estimate of drug-likeness (QED) is 0.762. The first-order valence-electron chi connectivity index (χ1n) is 10.8. The molecule has 1 unspecified atom stereocenters. The first-order chi connectivity index (χ1) is 13.8. The molecule has 1 aliphatic heterocycles. The highest BCUT2D eigenvalue weighted by atomic mass is 16.5. The van der Waals surface area contributed by atoms with Crippen LogP contribution in [-0.4, -0.2) is 40.1 Å². The van der Waals surface area contributed by atoms with Crippen LogP contribution in [0.2, 0.25) is 0 Å². The van der Waals surface area contributed by atoms with Gasteiger partial charge in [0.25, 0.3) is 0 Å². The maximum atomic E-state index is 12.8. The molecule has 1 atom stereocenters. The van der Waals surface area contributed by atoms with Crippen molar-refractivity contribution in [3.8, 4) is 11.4 Å². The lowest BCUT2D eigenvalue weighted by Gasteiger charge is -2.33. The summed E-state index contributed by atoms with van der Waals surface area (Å²) in [5, 5.41) is 7.40. The Hall–Kier alpha value is -2.21. The van der Waals surface area contributed by atoms with Crippen LogP contribution in [-0.2, 0) is 11.3 Å². The molecule has 2 aromatic rings. The van der Waals surface area contributed by atoms with Gasteiger partial charge in [0.15, 0.2) is 0 Å². The Morgan fingerprint density at radius 2 is 1.90 bits per heavy atom. The number of carbonyl (C=O) groups is 1. The van der Waals surface area contributed by atoms with E-state index in [1.165, 1.54) is 5.56 Å². The minimum atomic E-state index is 0.0169. The Kier molecular flexibility index (Phi) is 7.06. The van der Waals surface area contributed by atoms with E-state index >= 15 is 0 Å². The van der Waals surface area contributed by atoms with Gasteiger partial charge in [-0.15, -0.1) is 0 Å². The Labute approximate surface area is 174 Å². The highest BCUT2D eigenvalue weighted by Crippen LogP contribution is 2.22. The highest BCUT2D eigenvalue weighted by Gasteiger charge is 2.29. The number of amides is 1. The molecule has 0 radical (unpaired) electrons. The number of carbonyl (C=O) groups excluding carboxylic acids is 1. The Morgan fingerprint density at radius 3 is 2.55 bits per heavy atom. The van der Waals surface area contributed by atoms with Crippen molar-refractivity contribution < 1.29 is 9.32 Å². The minimum Gasteiger partial charge on any atom is -0.353 e. The number of benzene rings is 1. The molecule has 1 N–H and O–H groups in total. The fourth-order valence-corrected chi connectivity index (χ4v) is 4.13. The van der Waals surface area contributed by atoms with E-state index in [2.05, 4.69) is 55.0 Å². The molecule has 1 aromatic carbocycles. The fourth-order valence-electron chi connectivity index (χ4n) is 4.13. The average molecular weight is 399 g/mol. The van der Waals surface area contributed by atoms with Crippen molar-refractivity contribution in [1.29, 1.82) is 0 Å². The number of hydrogen-bond acceptors (Lipinski definition) is 5. The molecule has 6 heteroatoms. The summed E-state index contributed by atoms with van der Waals surface area (Å²) < 4.78 is 5.47. The summed E-state index contributed by atoms with van der Waals surface area (Å²) in [5.74, 6) is 2.26. The third-order valence-corrected chi connectivity index (χ3v) is 5.76. The van der Waals surface area contributed by atoms with E-state index in [1.807, 2.05) is 24.3 Å². The van der Waals surface area contributed by atoms with Crippen LogP contribution in [0.1, 0.15) is 52.0 Å². The first-order valence-corrected chi connectivity index (χ1v) is 10.8. The van der Waals surface area contributed by atoms with Gasteiger partial charge >= 0.3 is 0 Å². The summed E-state index contributed by atoms with van der Waals surface area (Å²) in [5.41, 5.74) is 2.15. The predicted molar refractivity (Wildman–Crippen MR) is 114 cm³/mol. The van der Waals surface area contributed by atoms with E-state index in [0.717, 1.165) is 31.5 Å². The second kappa shape index (κ2) is 9.53. The zero-order valence-electron chi connectivity index (χ0n) is 18.3. The van der Waals surface area contributed by atoms with Gasteiger partial charge in [-0.1, -0.05) is 62.7 Å². The summed E-state index contributed by atoms with van der Waals surface area (Å²) in [6.45, 7) is 13.0. The number of aryl methyl sites for hydroxylation is 1. The van der Waals surface area contributed by atoms with Gasteiger partial charge in [0.05, 0.1) is 12.5 Å². The van der Waals surface area contributed by atoms with Crippen molar-refractivity contribution in [3.63, 3.8) is 0 Å². The van der Waals surface area contributed by atoms with E-state index < -0.39 is 0 Å². The Morgan fingerprint density at radius 1 is 1.21 bits per heavy atom. The SMILES string of the molecule is Cc1ccc(-c2noc(CN3CCCC(C(=O)NC(C(C)C)C(C)C)C3)n2)cc1. The number of aromatic nitrogens is 2. The molecule has 0 spiro atoms. The maximum absolute atomic E-state index is 12.8. The predicted octanol–water partition coefficient (Wildman–Crippen LogP) is 4.05. The van der Waals surface area contributed by atoms with Crippen LogP contribution >= 0.6 is 0 Å². The Balaban J connectivity index is 1.58. The standard InChI is InChI=1S/C23H34N4O2/c1-15(2)21(16(3)4)25-23(28)19-7-6-12-27(13-19)14-20-24-22(26-29-20)18-10-8-17(5)9-11-18/h8-11,15-16,19,21H,6-7,12-14H2,1-5H3,(H,25,28). The van der Waals surface area contributed by atoms with Gasteiger partial charge in [-0.05, 0) is 38.1 Å². The lowest BCUT2D eigenvalue weighted by molar-refractivity contribution is -0.128. The Bertz CT molecular complexity index is 789. The number of hydrogen-bond donors (Lipinski definition) is 1. The first kappa shape index (κ1) is 21.5. The number of rotatable bonds is 7. The van der Waals surface area contributed by atoms with Crippen molar-refractivity contribution in [2.45, 2.75) is 60.0 Å². The second-order valence-electron chi connectivity index (χ2n) is 8.97. The topological polar surface area (TPSA) is 71.3 Å². The molecule has 1 aliphatic rings. The molecule has 158 valence electrons. The van der Waals surface area contributed by atoms with Crippen LogP contribution in [0.15, 0.2) is 28.8 Å². The molecule has 3 rings (SSSR count). The van der Waals surface area contributed by atoms with Crippen LogP contribution in [0.5, 0.6) is 0 Å². The van der Waals surface area contributed by atoms with Gasteiger partial charge in [0, 0.05) is 18.2 Å². The number of piperidine rings is 1. The molecule has 1 amide bonds. The summed E-state index contributed by atoms with van der Waals surface area (Å²) in [7, 11) is 0. The average Bonchev–Trinajstić information content (AvgIpc) is 3.14. The summed E-state index contributed by atoms with van der Waals surface area (Å²) in [6, 6.07) is 8.31. The highest BCUT2D eigenvalue weighted by molar-refractivity contribution is 5.79. The van der Waals surface area contributed by atoms with Gasteiger partial charge < -0.3 is 9.84 Å². The number of nitrogens with one attached hydrogen (secondary N) is 1. The third-order valence-electron chi connectivity index (χ3n) is 5.76. The van der Waals surface area contributed by atoms with E-state index in [-0.39, 0.29) is 17.9 Å². The summed E-state index contributed by atoms with van der Waals surface area (Å²) in [4.78, 5) is 19.6. The molecule has 2 heterocycles. The molecular formula is C23H34N4O2. The van der Waals surface area contributed by atoms with Crippen molar-refractivity contribution >= 4 is 5.91 Å². The van der Waals surface area contributed by atoms with Crippen LogP contribution in [0.25, 0.3) is 11.4 Å². The number of likely N-dealkylation sites (tertiary alicyclic amines) is 1. The van der Waals surface area contributed by atoms with Gasteiger partial charge in [-0.3, -0.25) is 9.69 Å². The molecule has 1 fully saturated rings. The van der Waals surface area contributed by atoms with E-state index in [9.17, 15) is 4.79 Å². The molecule has 0 aliphatic carbocycles. The summed E-state index contributed by atoms with van der Waals surface area (Å²) in [6.07, 6.45) is 1.94. The van der Waals surface area contributed by atoms with Crippen LogP contribution in [0.4, 0.5) is 0 Å². The van der Waals surface area contributed by atoms with Crippen molar-refractivity contribution in [2.24, 2.45) is 17.8 Å². The van der Waals surface area contributed by atoms with Crippen LogP contribution in [0.3, 0.4) is 0 Å². The normalized spacial score (nSPS) is 18.0. The van der Waals surface area contributed by atoms with Crippen molar-refractivity contribution in [2.75, 3.05) is 13.1 Å². The molecular weight excluding hydrogens is 364 g/mol. The van der Waals surface area contributed by atoms with Gasteiger partial charge in [0.1, 0.15) is 0 Å². The van der Waals surface area contributed by atoms with E-state index in [4.69, 9.17) is 4.52 Å². The van der Waals surface area contributed by atoms with Crippen molar-refractivity contribution in [3.05, 3.63) is 35.7 Å².